The summed E-state index contributed by atoms with van der Waals surface area (Å²) in [5.41, 5.74) is 0.797. The lowest BCUT2D eigenvalue weighted by Gasteiger charge is -2.07. The number of hydrogen-bond acceptors (Lipinski definition) is 5. The van der Waals surface area contributed by atoms with Gasteiger partial charge >= 0.3 is 5.82 Å². The van der Waals surface area contributed by atoms with Crippen LogP contribution in [0.25, 0.3) is 0 Å². The van der Waals surface area contributed by atoms with Crippen molar-refractivity contribution in [1.82, 2.24) is 9.55 Å². The van der Waals surface area contributed by atoms with Gasteiger partial charge in [0, 0.05) is 6.92 Å². The zero-order valence-corrected chi connectivity index (χ0v) is 11.9. The number of benzene rings is 1. The van der Waals surface area contributed by atoms with Crippen LogP contribution in [0.1, 0.15) is 11.4 Å². The van der Waals surface area contributed by atoms with Gasteiger partial charge in [0.2, 0.25) is 5.82 Å². The van der Waals surface area contributed by atoms with Gasteiger partial charge in [0.25, 0.3) is 0 Å². The highest BCUT2D eigenvalue weighted by atomic mass is 32.2. The van der Waals surface area contributed by atoms with Crippen LogP contribution in [0.5, 0.6) is 0 Å². The zero-order chi connectivity index (χ0) is 15.4. The van der Waals surface area contributed by atoms with Crippen molar-refractivity contribution in [3.63, 3.8) is 0 Å². The van der Waals surface area contributed by atoms with E-state index in [0.29, 0.717) is 17.4 Å². The maximum atomic E-state index is 12.9. The van der Waals surface area contributed by atoms with Crippen LogP contribution in [0.15, 0.2) is 29.3 Å². The molecule has 0 N–H and O–H groups in total. The number of aromatic nitrogens is 2. The Kier molecular flexibility index (Phi) is 4.55. The van der Waals surface area contributed by atoms with Crippen LogP contribution in [0, 0.1) is 34.2 Å². The predicted molar refractivity (Wildman–Crippen MR) is 75.5 cm³/mol. The lowest BCUT2D eigenvalue weighted by Crippen LogP contribution is -2.04. The molecule has 1 aromatic heterocycles. The Morgan fingerprint density at radius 3 is 2.71 bits per heavy atom. The highest BCUT2D eigenvalue weighted by molar-refractivity contribution is 7.99. The summed E-state index contributed by atoms with van der Waals surface area (Å²) in [5, 5.41) is 20.0. The molecule has 0 saturated carbocycles. The van der Waals surface area contributed by atoms with Crippen molar-refractivity contribution in [2.75, 3.05) is 5.75 Å². The Bertz CT molecular complexity index is 706. The fourth-order valence-electron chi connectivity index (χ4n) is 1.85. The SMILES string of the molecule is Cc1nc([N+](=O)[O-])c(SCC#N)n1Cc1ccc(F)cc1. The highest BCUT2D eigenvalue weighted by Gasteiger charge is 2.25. The number of imidazole rings is 1. The van der Waals surface area contributed by atoms with Crippen LogP contribution >= 0.6 is 11.8 Å². The molecule has 2 aromatic rings. The van der Waals surface area contributed by atoms with Crippen LogP contribution in [-0.4, -0.2) is 20.2 Å². The minimum absolute atomic E-state index is 0.0926. The monoisotopic (exact) mass is 306 g/mol. The summed E-state index contributed by atoms with van der Waals surface area (Å²) < 4.78 is 14.6. The van der Waals surface area contributed by atoms with Gasteiger partial charge in [-0.1, -0.05) is 23.9 Å². The summed E-state index contributed by atoms with van der Waals surface area (Å²) in [7, 11) is 0. The van der Waals surface area contributed by atoms with E-state index in [1.807, 2.05) is 6.07 Å². The van der Waals surface area contributed by atoms with Crippen molar-refractivity contribution in [2.45, 2.75) is 18.5 Å². The van der Waals surface area contributed by atoms with Crippen LogP contribution in [0.2, 0.25) is 0 Å². The van der Waals surface area contributed by atoms with E-state index >= 15 is 0 Å². The first-order valence-electron chi connectivity index (χ1n) is 5.98. The smallest absolute Gasteiger partial charge is 0.358 e. The number of aryl methyl sites for hydroxylation is 1. The fourth-order valence-corrected chi connectivity index (χ4v) is 2.65. The third-order valence-corrected chi connectivity index (χ3v) is 3.74. The first kappa shape index (κ1) is 15.0. The van der Waals surface area contributed by atoms with Crippen molar-refractivity contribution in [1.29, 1.82) is 5.26 Å². The summed E-state index contributed by atoms with van der Waals surface area (Å²) in [5.74, 6) is -0.0254. The van der Waals surface area contributed by atoms with E-state index in [2.05, 4.69) is 4.98 Å². The largest absolute Gasteiger partial charge is 0.396 e. The second kappa shape index (κ2) is 6.37. The fraction of sp³-hybridized carbons (Fsp3) is 0.231. The standard InChI is InChI=1S/C13H11FN4O2S/c1-9-16-12(18(19)20)13(21-7-6-15)17(9)8-10-2-4-11(14)5-3-10/h2-5H,7-8H2,1H3. The number of halogens is 1. The molecule has 0 saturated heterocycles. The Morgan fingerprint density at radius 2 is 2.14 bits per heavy atom. The average molecular weight is 306 g/mol. The van der Waals surface area contributed by atoms with Crippen molar-refractivity contribution in [3.05, 3.63) is 51.6 Å². The zero-order valence-electron chi connectivity index (χ0n) is 11.1. The van der Waals surface area contributed by atoms with Gasteiger partial charge in [-0.25, -0.2) is 4.39 Å². The molecular weight excluding hydrogens is 295 g/mol. The molecule has 1 heterocycles. The van der Waals surface area contributed by atoms with Crippen molar-refractivity contribution < 1.29 is 9.31 Å². The number of nitrogens with zero attached hydrogens (tertiary/aromatic N) is 4. The van der Waals surface area contributed by atoms with Crippen LogP contribution in [0.3, 0.4) is 0 Å². The lowest BCUT2D eigenvalue weighted by atomic mass is 10.2. The van der Waals surface area contributed by atoms with E-state index in [1.165, 1.54) is 12.1 Å². The van der Waals surface area contributed by atoms with E-state index in [-0.39, 0.29) is 17.4 Å². The molecule has 2 rings (SSSR count). The molecule has 0 amide bonds. The quantitative estimate of drug-likeness (QED) is 0.481. The average Bonchev–Trinajstić information content (AvgIpc) is 2.76. The molecule has 0 aliphatic heterocycles. The third kappa shape index (κ3) is 3.38. The second-order valence-corrected chi connectivity index (χ2v) is 5.17. The van der Waals surface area contributed by atoms with Gasteiger partial charge in [0.1, 0.15) is 5.82 Å². The molecule has 0 bridgehead atoms. The number of nitriles is 1. The van der Waals surface area contributed by atoms with Gasteiger partial charge in [-0.3, -0.25) is 4.57 Å². The predicted octanol–water partition coefficient (Wildman–Crippen LogP) is 2.90. The number of thioether (sulfide) groups is 1. The van der Waals surface area contributed by atoms with Crippen molar-refractivity contribution >= 4 is 17.6 Å². The molecule has 1 aromatic carbocycles. The molecule has 8 heteroatoms. The Balaban J connectivity index is 2.39. The van der Waals surface area contributed by atoms with Crippen LogP contribution < -0.4 is 0 Å². The molecule has 0 spiro atoms. The number of hydrogen-bond donors (Lipinski definition) is 0. The van der Waals surface area contributed by atoms with Crippen molar-refractivity contribution in [3.8, 4) is 6.07 Å². The maximum Gasteiger partial charge on any atom is 0.396 e. The van der Waals surface area contributed by atoms with Crippen LogP contribution in [0.4, 0.5) is 10.2 Å². The summed E-state index contributed by atoms with van der Waals surface area (Å²) >= 11 is 1.07. The van der Waals surface area contributed by atoms with E-state index < -0.39 is 4.92 Å². The summed E-state index contributed by atoms with van der Waals surface area (Å²) in [6.45, 7) is 1.99. The molecule has 21 heavy (non-hydrogen) atoms. The number of nitro groups is 1. The first-order chi connectivity index (χ1) is 10.0. The Labute approximate surface area is 124 Å². The topological polar surface area (TPSA) is 84.8 Å². The molecule has 0 aliphatic rings. The normalized spacial score (nSPS) is 10.3. The van der Waals surface area contributed by atoms with Gasteiger partial charge in [-0.15, -0.1) is 0 Å². The molecule has 0 fully saturated rings. The molecule has 0 atom stereocenters. The van der Waals surface area contributed by atoms with Gasteiger partial charge in [0.15, 0.2) is 5.03 Å². The van der Waals surface area contributed by atoms with Gasteiger partial charge < -0.3 is 10.1 Å². The highest BCUT2D eigenvalue weighted by Crippen LogP contribution is 2.30. The molecule has 0 aliphatic carbocycles. The van der Waals surface area contributed by atoms with Gasteiger partial charge in [0.05, 0.1) is 18.4 Å². The first-order valence-corrected chi connectivity index (χ1v) is 6.97. The van der Waals surface area contributed by atoms with E-state index in [0.717, 1.165) is 17.3 Å². The number of rotatable bonds is 5. The molecule has 108 valence electrons. The summed E-state index contributed by atoms with van der Waals surface area (Å²) in [6, 6.07) is 7.82. The third-order valence-electron chi connectivity index (χ3n) is 2.80. The minimum atomic E-state index is -0.562. The van der Waals surface area contributed by atoms with E-state index in [1.54, 1.807) is 23.6 Å². The van der Waals surface area contributed by atoms with Gasteiger partial charge in [-0.05, 0) is 27.6 Å². The van der Waals surface area contributed by atoms with Crippen LogP contribution in [-0.2, 0) is 6.54 Å². The van der Waals surface area contributed by atoms with E-state index in [4.69, 9.17) is 5.26 Å². The molecular formula is C13H11FN4O2S. The summed E-state index contributed by atoms with van der Waals surface area (Å²) in [4.78, 5) is 14.4. The Morgan fingerprint density at radius 1 is 1.48 bits per heavy atom. The Hall–Kier alpha value is -2.40. The van der Waals surface area contributed by atoms with Gasteiger partial charge in [-0.2, -0.15) is 5.26 Å². The maximum absolute atomic E-state index is 12.9. The minimum Gasteiger partial charge on any atom is -0.358 e. The molecule has 6 nitrogen and oxygen atoms in total. The summed E-state index contributed by atoms with van der Waals surface area (Å²) in [6.07, 6.45) is 0. The molecule has 0 unspecified atom stereocenters. The van der Waals surface area contributed by atoms with Crippen molar-refractivity contribution in [2.24, 2.45) is 0 Å². The lowest BCUT2D eigenvalue weighted by molar-refractivity contribution is -0.392. The van der Waals surface area contributed by atoms with E-state index in [9.17, 15) is 14.5 Å². The second-order valence-electron chi connectivity index (χ2n) is 4.20. The molecule has 0 radical (unpaired) electrons.